The Morgan fingerprint density at radius 3 is 2.45 bits per heavy atom. The van der Waals surface area contributed by atoms with Crippen molar-refractivity contribution in [1.29, 1.82) is 5.26 Å². The largest absolute Gasteiger partial charge is 0.573 e. The molecule has 0 heterocycles. The average molecular weight is 287 g/mol. The molecule has 0 amide bonds. The van der Waals surface area contributed by atoms with E-state index in [4.69, 9.17) is 10.00 Å². The quantitative estimate of drug-likeness (QED) is 0.798. The third-order valence-corrected chi connectivity index (χ3v) is 2.44. The van der Waals surface area contributed by atoms with Crippen molar-refractivity contribution < 1.29 is 27.4 Å². The zero-order valence-corrected chi connectivity index (χ0v) is 10.9. The first-order valence-electron chi connectivity index (χ1n) is 5.82. The highest BCUT2D eigenvalue weighted by Crippen LogP contribution is 2.33. The first-order chi connectivity index (χ1) is 9.34. The molecule has 0 N–H and O–H groups in total. The summed E-state index contributed by atoms with van der Waals surface area (Å²) >= 11 is 0. The van der Waals surface area contributed by atoms with Gasteiger partial charge in [-0.15, -0.1) is 13.2 Å². The standard InChI is InChI=1S/C13H12F3NO3/c1-3-8-5-6-9(7-17)11(20-13(14,15)16)10(8)12(18)19-4-2/h5-6H,3-4H2,1-2H3. The van der Waals surface area contributed by atoms with Gasteiger partial charge < -0.3 is 9.47 Å². The van der Waals surface area contributed by atoms with Crippen molar-refractivity contribution in [3.8, 4) is 11.8 Å². The van der Waals surface area contributed by atoms with Crippen molar-refractivity contribution in [1.82, 2.24) is 0 Å². The summed E-state index contributed by atoms with van der Waals surface area (Å²) in [5.74, 6) is -1.75. The van der Waals surface area contributed by atoms with Gasteiger partial charge >= 0.3 is 12.3 Å². The van der Waals surface area contributed by atoms with Gasteiger partial charge in [-0.2, -0.15) is 5.26 Å². The molecule has 0 spiro atoms. The van der Waals surface area contributed by atoms with E-state index < -0.39 is 18.1 Å². The molecule has 1 rings (SSSR count). The molecule has 20 heavy (non-hydrogen) atoms. The van der Waals surface area contributed by atoms with Gasteiger partial charge in [-0.1, -0.05) is 13.0 Å². The Labute approximate surface area is 113 Å². The summed E-state index contributed by atoms with van der Waals surface area (Å²) in [5.41, 5.74) is -0.407. The minimum Gasteiger partial charge on any atom is -0.462 e. The van der Waals surface area contributed by atoms with Gasteiger partial charge in [0.2, 0.25) is 0 Å². The molecule has 108 valence electrons. The number of aryl methyl sites for hydroxylation is 1. The molecular formula is C13H12F3NO3. The van der Waals surface area contributed by atoms with Crippen molar-refractivity contribution in [3.05, 3.63) is 28.8 Å². The average Bonchev–Trinajstić information content (AvgIpc) is 2.36. The fourth-order valence-electron chi connectivity index (χ4n) is 1.65. The third kappa shape index (κ3) is 3.63. The zero-order chi connectivity index (χ0) is 15.3. The second-order valence-electron chi connectivity index (χ2n) is 3.71. The SMILES string of the molecule is CCOC(=O)c1c(CC)ccc(C#N)c1OC(F)(F)F. The molecule has 1 aromatic rings. The summed E-state index contributed by atoms with van der Waals surface area (Å²) in [6.07, 6.45) is -4.70. The monoisotopic (exact) mass is 287 g/mol. The van der Waals surface area contributed by atoms with Gasteiger partial charge in [0.1, 0.15) is 11.6 Å². The number of nitrogens with zero attached hydrogens (tertiary/aromatic N) is 1. The second-order valence-corrected chi connectivity index (χ2v) is 3.71. The summed E-state index contributed by atoms with van der Waals surface area (Å²) in [6.45, 7) is 3.20. The number of hydrogen-bond donors (Lipinski definition) is 0. The van der Waals surface area contributed by atoms with Crippen LogP contribution in [0.4, 0.5) is 13.2 Å². The van der Waals surface area contributed by atoms with Crippen LogP contribution in [0.3, 0.4) is 0 Å². The minimum absolute atomic E-state index is 0.00419. The van der Waals surface area contributed by atoms with Crippen molar-refractivity contribution in [2.24, 2.45) is 0 Å². The molecule has 0 saturated carbocycles. The molecule has 0 aliphatic heterocycles. The van der Waals surface area contributed by atoms with Crippen LogP contribution in [-0.4, -0.2) is 18.9 Å². The molecule has 0 unspecified atom stereocenters. The molecule has 0 atom stereocenters. The van der Waals surface area contributed by atoms with Crippen LogP contribution < -0.4 is 4.74 Å². The van der Waals surface area contributed by atoms with E-state index >= 15 is 0 Å². The normalized spacial score (nSPS) is 10.8. The Bertz CT molecular complexity index is 547. The van der Waals surface area contributed by atoms with Crippen LogP contribution in [0.2, 0.25) is 0 Å². The first kappa shape index (κ1) is 15.8. The molecular weight excluding hydrogens is 275 g/mol. The van der Waals surface area contributed by atoms with E-state index in [0.717, 1.165) is 0 Å². The van der Waals surface area contributed by atoms with Crippen LogP contribution in [0, 0.1) is 11.3 Å². The fourth-order valence-corrected chi connectivity index (χ4v) is 1.65. The number of alkyl halides is 3. The Morgan fingerprint density at radius 2 is 2.00 bits per heavy atom. The number of halogens is 3. The van der Waals surface area contributed by atoms with Crippen LogP contribution in [0.1, 0.15) is 35.3 Å². The van der Waals surface area contributed by atoms with E-state index in [1.807, 2.05) is 0 Å². The predicted octanol–water partition coefficient (Wildman–Crippen LogP) is 3.20. The summed E-state index contributed by atoms with van der Waals surface area (Å²) in [7, 11) is 0. The van der Waals surface area contributed by atoms with E-state index in [1.165, 1.54) is 19.1 Å². The lowest BCUT2D eigenvalue weighted by molar-refractivity contribution is -0.274. The number of carbonyl (C=O) groups is 1. The van der Waals surface area contributed by atoms with Crippen LogP contribution in [-0.2, 0) is 11.2 Å². The first-order valence-corrected chi connectivity index (χ1v) is 5.82. The predicted molar refractivity (Wildman–Crippen MR) is 63.2 cm³/mol. The van der Waals surface area contributed by atoms with Crippen molar-refractivity contribution in [2.75, 3.05) is 6.61 Å². The number of rotatable bonds is 4. The highest BCUT2D eigenvalue weighted by Gasteiger charge is 2.35. The Hall–Kier alpha value is -2.23. The van der Waals surface area contributed by atoms with Crippen LogP contribution in [0.5, 0.6) is 5.75 Å². The lowest BCUT2D eigenvalue weighted by Crippen LogP contribution is -2.21. The van der Waals surface area contributed by atoms with Gasteiger partial charge in [-0.3, -0.25) is 0 Å². The fraction of sp³-hybridized carbons (Fsp3) is 0.385. The second kappa shape index (κ2) is 6.28. The molecule has 7 heteroatoms. The molecule has 4 nitrogen and oxygen atoms in total. The van der Waals surface area contributed by atoms with Crippen LogP contribution in [0.15, 0.2) is 12.1 Å². The van der Waals surface area contributed by atoms with Gasteiger partial charge in [-0.05, 0) is 25.0 Å². The molecule has 0 bridgehead atoms. The Balaban J connectivity index is 3.49. The number of carbonyl (C=O) groups excluding carboxylic acids is 1. The lowest BCUT2D eigenvalue weighted by Gasteiger charge is -2.16. The molecule has 0 aliphatic carbocycles. The maximum atomic E-state index is 12.4. The van der Waals surface area contributed by atoms with E-state index in [-0.39, 0.29) is 17.7 Å². The molecule has 0 saturated heterocycles. The van der Waals surface area contributed by atoms with Crippen LogP contribution in [0.25, 0.3) is 0 Å². The number of benzene rings is 1. The number of ether oxygens (including phenoxy) is 2. The zero-order valence-electron chi connectivity index (χ0n) is 10.9. The summed E-state index contributed by atoms with van der Waals surface area (Å²) < 4.78 is 45.9. The van der Waals surface area contributed by atoms with E-state index in [0.29, 0.717) is 12.0 Å². The highest BCUT2D eigenvalue weighted by atomic mass is 19.4. The van der Waals surface area contributed by atoms with Gasteiger partial charge in [0.25, 0.3) is 0 Å². The molecule has 0 aromatic heterocycles. The summed E-state index contributed by atoms with van der Waals surface area (Å²) in [5, 5.41) is 8.87. The topological polar surface area (TPSA) is 59.3 Å². The Morgan fingerprint density at radius 1 is 1.35 bits per heavy atom. The molecule has 0 radical (unpaired) electrons. The third-order valence-electron chi connectivity index (χ3n) is 2.44. The van der Waals surface area contributed by atoms with Gasteiger partial charge in [0.05, 0.1) is 12.2 Å². The molecule has 0 aliphatic rings. The van der Waals surface area contributed by atoms with E-state index in [9.17, 15) is 18.0 Å². The maximum absolute atomic E-state index is 12.4. The van der Waals surface area contributed by atoms with Gasteiger partial charge in [0.15, 0.2) is 5.75 Å². The summed E-state index contributed by atoms with van der Waals surface area (Å²) in [4.78, 5) is 11.8. The molecule has 0 fully saturated rings. The van der Waals surface area contributed by atoms with Crippen molar-refractivity contribution in [3.63, 3.8) is 0 Å². The maximum Gasteiger partial charge on any atom is 0.573 e. The molecule has 1 aromatic carbocycles. The van der Waals surface area contributed by atoms with E-state index in [2.05, 4.69) is 4.74 Å². The van der Waals surface area contributed by atoms with Crippen LogP contribution >= 0.6 is 0 Å². The van der Waals surface area contributed by atoms with Crippen molar-refractivity contribution >= 4 is 5.97 Å². The summed E-state index contributed by atoms with van der Waals surface area (Å²) in [6, 6.07) is 4.17. The Kier molecular flexibility index (Phi) is 4.97. The number of hydrogen-bond acceptors (Lipinski definition) is 4. The number of esters is 1. The van der Waals surface area contributed by atoms with Crippen molar-refractivity contribution in [2.45, 2.75) is 26.6 Å². The lowest BCUT2D eigenvalue weighted by atomic mass is 10.0. The van der Waals surface area contributed by atoms with Gasteiger partial charge in [0, 0.05) is 0 Å². The van der Waals surface area contributed by atoms with Gasteiger partial charge in [-0.25, -0.2) is 4.79 Å². The highest BCUT2D eigenvalue weighted by molar-refractivity contribution is 5.95. The van der Waals surface area contributed by atoms with E-state index in [1.54, 1.807) is 13.0 Å². The number of nitriles is 1. The smallest absolute Gasteiger partial charge is 0.462 e. The minimum atomic E-state index is -5.00.